The van der Waals surface area contributed by atoms with Crippen LogP contribution < -0.4 is 5.32 Å². The Bertz CT molecular complexity index is 586. The number of carbonyl (C=O) groups is 1. The third kappa shape index (κ3) is 5.35. The molecule has 1 N–H and O–H groups in total. The van der Waals surface area contributed by atoms with Crippen LogP contribution >= 0.6 is 0 Å². The molecule has 1 aromatic rings. The summed E-state index contributed by atoms with van der Waals surface area (Å²) >= 11 is 0. The molecule has 4 heteroatoms. The predicted octanol–water partition coefficient (Wildman–Crippen LogP) is 3.12. The molecule has 1 heterocycles. The summed E-state index contributed by atoms with van der Waals surface area (Å²) in [5.41, 5.74) is 1.74. The Balaban J connectivity index is 1.76. The largest absolute Gasteiger partial charge is 0.354 e. The van der Waals surface area contributed by atoms with E-state index in [4.69, 9.17) is 5.26 Å². The van der Waals surface area contributed by atoms with E-state index in [9.17, 15) is 4.79 Å². The van der Waals surface area contributed by atoms with Gasteiger partial charge in [-0.15, -0.1) is 0 Å². The zero-order chi connectivity index (χ0) is 17.6. The smallest absolute Gasteiger partial charge is 0.220 e. The average molecular weight is 327 g/mol. The van der Waals surface area contributed by atoms with E-state index >= 15 is 0 Å². The molecule has 0 aliphatic carbocycles. The summed E-state index contributed by atoms with van der Waals surface area (Å²) in [5.74, 6) is 0.836. The first kappa shape index (κ1) is 18.5. The van der Waals surface area contributed by atoms with E-state index in [1.807, 2.05) is 12.1 Å². The van der Waals surface area contributed by atoms with Crippen molar-refractivity contribution in [3.63, 3.8) is 0 Å². The van der Waals surface area contributed by atoms with Crippen molar-refractivity contribution in [2.75, 3.05) is 19.6 Å². The van der Waals surface area contributed by atoms with Crippen LogP contribution in [0.4, 0.5) is 0 Å². The third-order valence-electron chi connectivity index (χ3n) is 4.96. The Labute approximate surface area is 145 Å². The van der Waals surface area contributed by atoms with Crippen molar-refractivity contribution >= 4 is 5.91 Å². The van der Waals surface area contributed by atoms with Crippen molar-refractivity contribution in [3.05, 3.63) is 35.4 Å². The molecule has 0 aromatic heterocycles. The Morgan fingerprint density at radius 1 is 1.38 bits per heavy atom. The number of amides is 1. The molecule has 1 aliphatic rings. The van der Waals surface area contributed by atoms with E-state index in [1.165, 1.54) is 12.8 Å². The van der Waals surface area contributed by atoms with Gasteiger partial charge in [0.2, 0.25) is 5.91 Å². The van der Waals surface area contributed by atoms with Crippen LogP contribution in [0.5, 0.6) is 0 Å². The molecule has 0 spiro atoms. The molecule has 0 bridgehead atoms. The summed E-state index contributed by atoms with van der Waals surface area (Å²) in [6.45, 7) is 9.66. The maximum absolute atomic E-state index is 12.2. The van der Waals surface area contributed by atoms with Crippen molar-refractivity contribution in [1.82, 2.24) is 10.2 Å². The SMILES string of the molecule is CC1CCCN(C(C)(C)CNC(=O)CCc2ccc(C#N)cc2)C1. The van der Waals surface area contributed by atoms with Gasteiger partial charge in [0.15, 0.2) is 0 Å². The second-order valence-electron chi connectivity index (χ2n) is 7.59. The minimum atomic E-state index is -0.00121. The quantitative estimate of drug-likeness (QED) is 0.873. The van der Waals surface area contributed by atoms with Crippen LogP contribution in [-0.4, -0.2) is 36.0 Å². The molecule has 1 fully saturated rings. The third-order valence-corrected chi connectivity index (χ3v) is 4.96. The molecule has 0 radical (unpaired) electrons. The van der Waals surface area contributed by atoms with E-state index in [1.54, 1.807) is 12.1 Å². The maximum atomic E-state index is 12.2. The minimum absolute atomic E-state index is 0.00121. The number of nitrogens with zero attached hydrogens (tertiary/aromatic N) is 2. The van der Waals surface area contributed by atoms with Gasteiger partial charge >= 0.3 is 0 Å². The molecule has 24 heavy (non-hydrogen) atoms. The molecule has 1 atom stereocenters. The van der Waals surface area contributed by atoms with Gasteiger partial charge in [0, 0.05) is 25.0 Å². The van der Waals surface area contributed by atoms with Crippen molar-refractivity contribution in [1.29, 1.82) is 5.26 Å². The Hall–Kier alpha value is -1.86. The Kier molecular flexibility index (Phi) is 6.39. The zero-order valence-corrected chi connectivity index (χ0v) is 15.1. The van der Waals surface area contributed by atoms with E-state index in [-0.39, 0.29) is 11.4 Å². The molecule has 4 nitrogen and oxygen atoms in total. The van der Waals surface area contributed by atoms with Crippen LogP contribution in [0.3, 0.4) is 0 Å². The number of hydrogen-bond donors (Lipinski definition) is 1. The first-order valence-electron chi connectivity index (χ1n) is 8.91. The number of aryl methyl sites for hydroxylation is 1. The van der Waals surface area contributed by atoms with Gasteiger partial charge in [-0.3, -0.25) is 9.69 Å². The molecule has 1 aliphatic heterocycles. The molecule has 2 rings (SSSR count). The van der Waals surface area contributed by atoms with Crippen LogP contribution in [0.25, 0.3) is 0 Å². The number of rotatable bonds is 6. The van der Waals surface area contributed by atoms with Gasteiger partial charge in [0.1, 0.15) is 0 Å². The molecule has 1 unspecified atom stereocenters. The standard InChI is InChI=1S/C20H29N3O/c1-16-5-4-12-23(14-16)20(2,3)15-22-19(24)11-10-17-6-8-18(13-21)9-7-17/h6-9,16H,4-5,10-12,14-15H2,1-3H3,(H,22,24). The molecule has 1 saturated heterocycles. The van der Waals surface area contributed by atoms with Gasteiger partial charge < -0.3 is 5.32 Å². The highest BCUT2D eigenvalue weighted by Gasteiger charge is 2.30. The first-order chi connectivity index (χ1) is 11.4. The second-order valence-corrected chi connectivity index (χ2v) is 7.59. The monoisotopic (exact) mass is 327 g/mol. The molecule has 1 aromatic carbocycles. The number of carbonyl (C=O) groups excluding carboxylic acids is 1. The summed E-state index contributed by atoms with van der Waals surface area (Å²) in [6.07, 6.45) is 3.75. The van der Waals surface area contributed by atoms with Crippen LogP contribution in [0.1, 0.15) is 51.2 Å². The minimum Gasteiger partial charge on any atom is -0.354 e. The number of piperidine rings is 1. The van der Waals surface area contributed by atoms with Gasteiger partial charge in [-0.2, -0.15) is 5.26 Å². The first-order valence-corrected chi connectivity index (χ1v) is 8.91. The topological polar surface area (TPSA) is 56.1 Å². The molecular weight excluding hydrogens is 298 g/mol. The Morgan fingerprint density at radius 2 is 2.08 bits per heavy atom. The molecular formula is C20H29N3O. The maximum Gasteiger partial charge on any atom is 0.220 e. The van der Waals surface area contributed by atoms with Gasteiger partial charge in [-0.1, -0.05) is 19.1 Å². The van der Waals surface area contributed by atoms with Gasteiger partial charge in [0.25, 0.3) is 0 Å². The number of hydrogen-bond acceptors (Lipinski definition) is 3. The summed E-state index contributed by atoms with van der Waals surface area (Å²) < 4.78 is 0. The summed E-state index contributed by atoms with van der Waals surface area (Å²) in [5, 5.41) is 11.9. The number of nitriles is 1. The fourth-order valence-electron chi connectivity index (χ4n) is 3.26. The van der Waals surface area contributed by atoms with Gasteiger partial charge in [-0.05, 0) is 63.3 Å². The van der Waals surface area contributed by atoms with Crippen LogP contribution in [0.15, 0.2) is 24.3 Å². The Morgan fingerprint density at radius 3 is 2.71 bits per heavy atom. The summed E-state index contributed by atoms with van der Waals surface area (Å²) in [7, 11) is 0. The lowest BCUT2D eigenvalue weighted by atomic mass is 9.93. The summed E-state index contributed by atoms with van der Waals surface area (Å²) in [4.78, 5) is 14.7. The number of nitrogens with one attached hydrogen (secondary N) is 1. The molecule has 0 saturated carbocycles. The van der Waals surface area contributed by atoms with E-state index in [0.717, 1.165) is 24.6 Å². The molecule has 1 amide bonds. The highest BCUT2D eigenvalue weighted by Crippen LogP contribution is 2.23. The summed E-state index contributed by atoms with van der Waals surface area (Å²) in [6, 6.07) is 9.55. The van der Waals surface area contributed by atoms with Crippen molar-refractivity contribution in [2.24, 2.45) is 5.92 Å². The fraction of sp³-hybridized carbons (Fsp3) is 0.600. The van der Waals surface area contributed by atoms with Crippen molar-refractivity contribution in [2.45, 2.75) is 52.0 Å². The van der Waals surface area contributed by atoms with E-state index in [0.29, 0.717) is 24.9 Å². The van der Waals surface area contributed by atoms with Gasteiger partial charge in [-0.25, -0.2) is 0 Å². The predicted molar refractivity (Wildman–Crippen MR) is 96.5 cm³/mol. The highest BCUT2D eigenvalue weighted by atomic mass is 16.1. The zero-order valence-electron chi connectivity index (χ0n) is 15.1. The lowest BCUT2D eigenvalue weighted by Gasteiger charge is -2.43. The number of likely N-dealkylation sites (tertiary alicyclic amines) is 1. The van der Waals surface area contributed by atoms with Crippen molar-refractivity contribution < 1.29 is 4.79 Å². The van der Waals surface area contributed by atoms with E-state index < -0.39 is 0 Å². The lowest BCUT2D eigenvalue weighted by molar-refractivity contribution is -0.121. The van der Waals surface area contributed by atoms with E-state index in [2.05, 4.69) is 37.1 Å². The average Bonchev–Trinajstić information content (AvgIpc) is 2.58. The fourth-order valence-corrected chi connectivity index (χ4v) is 3.26. The molecule has 130 valence electrons. The number of benzene rings is 1. The normalized spacial score (nSPS) is 18.8. The van der Waals surface area contributed by atoms with Crippen LogP contribution in [-0.2, 0) is 11.2 Å². The highest BCUT2D eigenvalue weighted by molar-refractivity contribution is 5.76. The lowest BCUT2D eigenvalue weighted by Crippen LogP contribution is -2.54. The second kappa shape index (κ2) is 8.30. The van der Waals surface area contributed by atoms with Crippen LogP contribution in [0.2, 0.25) is 0 Å². The van der Waals surface area contributed by atoms with Crippen LogP contribution in [0, 0.1) is 17.2 Å². The van der Waals surface area contributed by atoms with Gasteiger partial charge in [0.05, 0.1) is 11.6 Å². The van der Waals surface area contributed by atoms with Crippen molar-refractivity contribution in [3.8, 4) is 6.07 Å².